The molecule has 0 radical (unpaired) electrons. The molecular weight excluding hydrogens is 433 g/mol. The molecule has 32 heavy (non-hydrogen) atoms. The Balaban J connectivity index is 2.02. The van der Waals surface area contributed by atoms with E-state index < -0.39 is 38.2 Å². The maximum Gasteiger partial charge on any atom is 0.505 e. The summed E-state index contributed by atoms with van der Waals surface area (Å²) in [5.74, 6) is -0.902. The van der Waals surface area contributed by atoms with E-state index in [1.165, 1.54) is 6.33 Å². The van der Waals surface area contributed by atoms with Crippen molar-refractivity contribution in [1.29, 1.82) is 0 Å². The molecule has 1 aromatic rings. The number of nitrogens with zero attached hydrogens (tertiary/aromatic N) is 1. The highest BCUT2D eigenvalue weighted by molar-refractivity contribution is 7.38. The number of nitrogens with one attached hydrogen (secondary N) is 3. The van der Waals surface area contributed by atoms with E-state index >= 15 is 0 Å². The minimum atomic E-state index is -2.21. The van der Waals surface area contributed by atoms with Crippen LogP contribution in [0, 0.1) is 17.8 Å². The number of H-pyrrole nitrogens is 1. The van der Waals surface area contributed by atoms with E-state index in [0.29, 0.717) is 6.42 Å². The van der Waals surface area contributed by atoms with Crippen LogP contribution in [0.25, 0.3) is 0 Å². The highest BCUT2D eigenvalue weighted by Gasteiger charge is 2.36. The molecule has 7 N–H and O–H groups in total. The van der Waals surface area contributed by atoms with Gasteiger partial charge in [0, 0.05) is 24.2 Å². The summed E-state index contributed by atoms with van der Waals surface area (Å²) in [5.41, 5.74) is 6.73. The van der Waals surface area contributed by atoms with Crippen molar-refractivity contribution < 1.29 is 24.2 Å². The number of aliphatic hydroxyl groups is 1. The number of carbonyl (C=O) groups excluding carboxylic acids is 2. The van der Waals surface area contributed by atoms with Crippen LogP contribution < -0.4 is 16.4 Å². The van der Waals surface area contributed by atoms with Gasteiger partial charge in [-0.15, -0.1) is 0 Å². The predicted molar refractivity (Wildman–Crippen MR) is 121 cm³/mol. The molecule has 1 aliphatic rings. The van der Waals surface area contributed by atoms with Gasteiger partial charge in [-0.25, -0.2) is 4.98 Å². The second kappa shape index (κ2) is 12.4. The molecule has 4 unspecified atom stereocenters. The Morgan fingerprint density at radius 3 is 2.56 bits per heavy atom. The number of aliphatic hydroxyl groups excluding tert-OH is 1. The average molecular weight is 471 g/mol. The van der Waals surface area contributed by atoms with Crippen LogP contribution in [-0.4, -0.2) is 62.2 Å². The van der Waals surface area contributed by atoms with Crippen molar-refractivity contribution in [2.75, 3.05) is 6.16 Å². The Morgan fingerprint density at radius 1 is 1.28 bits per heavy atom. The second-order valence-corrected chi connectivity index (χ2v) is 10.3. The van der Waals surface area contributed by atoms with Crippen LogP contribution in [0.3, 0.4) is 0 Å². The Hall–Kier alpha value is -1.87. The topological polar surface area (TPSA) is 170 Å². The first kappa shape index (κ1) is 26.4. The van der Waals surface area contributed by atoms with Crippen LogP contribution in [0.2, 0.25) is 0 Å². The molecule has 0 saturated heterocycles. The molecular formula is C21H37N5O5P+. The molecule has 180 valence electrons. The quantitative estimate of drug-likeness (QED) is 0.260. The molecule has 1 aliphatic carbocycles. The fourth-order valence-electron chi connectivity index (χ4n) is 4.45. The lowest BCUT2D eigenvalue weighted by Crippen LogP contribution is -2.58. The molecule has 1 heterocycles. The number of aromatic amines is 1. The minimum Gasteiger partial charge on any atom is -0.391 e. The van der Waals surface area contributed by atoms with E-state index in [1.54, 1.807) is 13.1 Å². The summed E-state index contributed by atoms with van der Waals surface area (Å²) in [4.78, 5) is 41.8. The van der Waals surface area contributed by atoms with Crippen molar-refractivity contribution in [2.24, 2.45) is 23.5 Å². The molecule has 0 aliphatic heterocycles. The molecule has 10 nitrogen and oxygen atoms in total. The molecule has 1 saturated carbocycles. The van der Waals surface area contributed by atoms with Gasteiger partial charge < -0.3 is 26.5 Å². The summed E-state index contributed by atoms with van der Waals surface area (Å²) >= 11 is 0. The maximum absolute atomic E-state index is 13.1. The molecule has 1 fully saturated rings. The second-order valence-electron chi connectivity index (χ2n) is 9.22. The molecule has 2 amide bonds. The lowest BCUT2D eigenvalue weighted by atomic mass is 9.77. The third kappa shape index (κ3) is 7.92. The van der Waals surface area contributed by atoms with Crippen molar-refractivity contribution >= 4 is 19.8 Å². The van der Waals surface area contributed by atoms with E-state index in [2.05, 4.69) is 20.6 Å². The molecule has 0 spiro atoms. The fraction of sp³-hybridized carbons (Fsp3) is 0.762. The van der Waals surface area contributed by atoms with Gasteiger partial charge in [0.15, 0.2) is 6.16 Å². The number of aromatic nitrogens is 2. The number of rotatable bonds is 11. The molecule has 7 atom stereocenters. The number of hydrogen-bond donors (Lipinski definition) is 6. The summed E-state index contributed by atoms with van der Waals surface area (Å²) in [6.45, 7) is 5.29. The zero-order valence-electron chi connectivity index (χ0n) is 19.0. The first-order valence-corrected chi connectivity index (χ1v) is 12.6. The van der Waals surface area contributed by atoms with Crippen LogP contribution in [-0.2, 0) is 20.6 Å². The summed E-state index contributed by atoms with van der Waals surface area (Å²) in [5, 5.41) is 16.1. The first-order valence-electron chi connectivity index (χ1n) is 11.2. The summed E-state index contributed by atoms with van der Waals surface area (Å²) in [6.07, 6.45) is 6.06. The van der Waals surface area contributed by atoms with E-state index in [4.69, 9.17) is 5.73 Å². The number of amides is 2. The van der Waals surface area contributed by atoms with E-state index in [9.17, 15) is 24.2 Å². The van der Waals surface area contributed by atoms with Crippen LogP contribution in [0.15, 0.2) is 12.5 Å². The predicted octanol–water partition coefficient (Wildman–Crippen LogP) is 0.827. The van der Waals surface area contributed by atoms with Gasteiger partial charge >= 0.3 is 8.03 Å². The minimum absolute atomic E-state index is 0.00111. The Morgan fingerprint density at radius 2 is 2.00 bits per heavy atom. The van der Waals surface area contributed by atoms with Crippen molar-refractivity contribution in [3.63, 3.8) is 0 Å². The lowest BCUT2D eigenvalue weighted by molar-refractivity contribution is -0.132. The van der Waals surface area contributed by atoms with Gasteiger partial charge in [-0.1, -0.05) is 20.3 Å². The van der Waals surface area contributed by atoms with Crippen LogP contribution in [0.1, 0.15) is 52.1 Å². The highest BCUT2D eigenvalue weighted by Crippen LogP contribution is 2.36. The van der Waals surface area contributed by atoms with Gasteiger partial charge in [-0.2, -0.15) is 4.89 Å². The molecule has 2 rings (SSSR count). The standard InChI is InChI=1S/C21H36N5O5P/c1-12(2)18(25-20(28)17(22)8-16-9-23-11-24-16)21(29)26-19(13(3)27)15-6-4-5-14(7-15)10-32(30)31/h9,11-15,17-19,27H,4-8,10,22H2,1-3H3,(H3-,23,24,25,26,28,29,30,31)/p+1/t13-,14?,15?,17-,18+,19?/m0/s1. The Kier molecular flexibility index (Phi) is 10.2. The molecule has 0 bridgehead atoms. The largest absolute Gasteiger partial charge is 0.505 e. The average Bonchev–Trinajstić information content (AvgIpc) is 3.22. The zero-order chi connectivity index (χ0) is 23.8. The fourth-order valence-corrected chi connectivity index (χ4v) is 5.23. The molecule has 0 aromatic carbocycles. The molecule has 11 heteroatoms. The highest BCUT2D eigenvalue weighted by atomic mass is 31.1. The van der Waals surface area contributed by atoms with Crippen molar-refractivity contribution in [2.45, 2.75) is 77.1 Å². The maximum atomic E-state index is 13.1. The van der Waals surface area contributed by atoms with Gasteiger partial charge in [-0.3, -0.25) is 9.59 Å². The first-order chi connectivity index (χ1) is 15.1. The van der Waals surface area contributed by atoms with E-state index in [-0.39, 0.29) is 36.2 Å². The number of nitrogens with two attached hydrogens (primary N) is 1. The van der Waals surface area contributed by atoms with Crippen molar-refractivity contribution in [1.82, 2.24) is 20.6 Å². The van der Waals surface area contributed by atoms with Crippen LogP contribution in [0.5, 0.6) is 0 Å². The normalized spacial score (nSPS) is 23.2. The number of imidazole rings is 1. The third-order valence-electron chi connectivity index (χ3n) is 6.15. The Labute approximate surface area is 190 Å². The number of carbonyl (C=O) groups is 2. The lowest BCUT2D eigenvalue weighted by Gasteiger charge is -2.36. The van der Waals surface area contributed by atoms with E-state index in [1.807, 2.05) is 13.8 Å². The summed E-state index contributed by atoms with van der Waals surface area (Å²) in [7, 11) is -2.21. The van der Waals surface area contributed by atoms with Crippen LogP contribution >= 0.6 is 8.03 Å². The SMILES string of the molecule is CC(C)[C@@H](NC(=O)[C@@H](N)Cc1cnc[nH]1)C(=O)NC(C1CCCC(C[P+](=O)O)C1)[C@H](C)O. The van der Waals surface area contributed by atoms with Crippen molar-refractivity contribution in [3.05, 3.63) is 18.2 Å². The van der Waals surface area contributed by atoms with Gasteiger partial charge in [0.2, 0.25) is 11.8 Å². The monoisotopic (exact) mass is 470 g/mol. The Bertz CT molecular complexity index is 758. The van der Waals surface area contributed by atoms with Gasteiger partial charge in [0.1, 0.15) is 6.04 Å². The zero-order valence-corrected chi connectivity index (χ0v) is 19.9. The number of hydrogen-bond acceptors (Lipinski definition) is 6. The van der Waals surface area contributed by atoms with Gasteiger partial charge in [0.25, 0.3) is 0 Å². The van der Waals surface area contributed by atoms with E-state index in [0.717, 1.165) is 25.0 Å². The van der Waals surface area contributed by atoms with Crippen LogP contribution in [0.4, 0.5) is 0 Å². The third-order valence-corrected chi connectivity index (χ3v) is 6.98. The smallest absolute Gasteiger partial charge is 0.391 e. The summed E-state index contributed by atoms with van der Waals surface area (Å²) in [6, 6.07) is -2.14. The molecule has 1 aromatic heterocycles. The van der Waals surface area contributed by atoms with Gasteiger partial charge in [-0.05, 0) is 42.6 Å². The van der Waals surface area contributed by atoms with Crippen molar-refractivity contribution in [3.8, 4) is 0 Å². The summed E-state index contributed by atoms with van der Waals surface area (Å²) < 4.78 is 11.3. The van der Waals surface area contributed by atoms with Gasteiger partial charge in [0.05, 0.1) is 24.5 Å².